The third-order valence-electron chi connectivity index (χ3n) is 3.01. The number of hydrogen-bond acceptors (Lipinski definition) is 2. The molecule has 2 unspecified atom stereocenters. The minimum absolute atomic E-state index is 0.122. The van der Waals surface area contributed by atoms with Crippen LogP contribution in [0.1, 0.15) is 13.8 Å². The van der Waals surface area contributed by atoms with E-state index in [1.807, 2.05) is 4.90 Å². The third kappa shape index (κ3) is 2.18. The molecule has 2 atom stereocenters. The highest BCUT2D eigenvalue weighted by Crippen LogP contribution is 2.13. The van der Waals surface area contributed by atoms with Gasteiger partial charge in [-0.05, 0) is 20.9 Å². The summed E-state index contributed by atoms with van der Waals surface area (Å²) >= 11 is 0. The lowest BCUT2D eigenvalue weighted by molar-refractivity contribution is 0.0682. The van der Waals surface area contributed by atoms with Gasteiger partial charge in [0.15, 0.2) is 0 Å². The molecule has 14 heavy (non-hydrogen) atoms. The first-order valence-electron chi connectivity index (χ1n) is 5.11. The van der Waals surface area contributed by atoms with Gasteiger partial charge in [0.1, 0.15) is 0 Å². The lowest BCUT2D eigenvalue weighted by Gasteiger charge is -2.43. The first-order valence-corrected chi connectivity index (χ1v) is 5.11. The van der Waals surface area contributed by atoms with E-state index in [1.165, 1.54) is 0 Å². The van der Waals surface area contributed by atoms with Crippen LogP contribution in [-0.2, 0) is 0 Å². The van der Waals surface area contributed by atoms with Gasteiger partial charge >= 0.3 is 6.03 Å². The monoisotopic (exact) mass is 199 g/mol. The summed E-state index contributed by atoms with van der Waals surface area (Å²) < 4.78 is 0. The second kappa shape index (κ2) is 4.17. The van der Waals surface area contributed by atoms with Crippen LogP contribution in [0, 0.1) is 0 Å². The molecular weight excluding hydrogens is 178 g/mol. The van der Waals surface area contributed by atoms with Crippen LogP contribution in [0.3, 0.4) is 0 Å². The van der Waals surface area contributed by atoms with Gasteiger partial charge < -0.3 is 9.80 Å². The summed E-state index contributed by atoms with van der Waals surface area (Å²) in [7, 11) is 5.72. The number of rotatable bonds is 0. The molecule has 0 spiro atoms. The number of piperazine rings is 1. The smallest absolute Gasteiger partial charge is 0.319 e. The zero-order chi connectivity index (χ0) is 10.9. The predicted octanol–water partition coefficient (Wildman–Crippen LogP) is 0.692. The Bertz CT molecular complexity index is 205. The Morgan fingerprint density at radius 3 is 2.00 bits per heavy atom. The van der Waals surface area contributed by atoms with Gasteiger partial charge in [0.2, 0.25) is 0 Å². The van der Waals surface area contributed by atoms with Crippen molar-refractivity contribution < 1.29 is 4.79 Å². The second-order valence-corrected chi connectivity index (χ2v) is 4.45. The maximum Gasteiger partial charge on any atom is 0.319 e. The van der Waals surface area contributed by atoms with Gasteiger partial charge in [0.05, 0.1) is 0 Å². The summed E-state index contributed by atoms with van der Waals surface area (Å²) in [5, 5.41) is 0. The zero-order valence-electron chi connectivity index (χ0n) is 9.82. The minimum atomic E-state index is 0.122. The summed E-state index contributed by atoms with van der Waals surface area (Å²) in [6, 6.07) is 1.02. The van der Waals surface area contributed by atoms with Crippen LogP contribution in [0.4, 0.5) is 4.79 Å². The van der Waals surface area contributed by atoms with Gasteiger partial charge in [-0.3, -0.25) is 4.90 Å². The van der Waals surface area contributed by atoms with Gasteiger partial charge in [-0.1, -0.05) is 0 Å². The Hall–Kier alpha value is -0.770. The Labute approximate surface area is 86.5 Å². The SMILES string of the molecule is CC1CN(C(=O)N(C)C)CC(C)N1C. The van der Waals surface area contributed by atoms with Crippen molar-refractivity contribution in [2.75, 3.05) is 34.2 Å². The van der Waals surface area contributed by atoms with Gasteiger partial charge in [-0.25, -0.2) is 4.79 Å². The Morgan fingerprint density at radius 2 is 1.64 bits per heavy atom. The highest BCUT2D eigenvalue weighted by molar-refractivity contribution is 5.74. The van der Waals surface area contributed by atoms with E-state index in [2.05, 4.69) is 25.8 Å². The van der Waals surface area contributed by atoms with E-state index >= 15 is 0 Å². The van der Waals surface area contributed by atoms with Crippen molar-refractivity contribution in [1.29, 1.82) is 0 Å². The van der Waals surface area contributed by atoms with Gasteiger partial charge in [0.25, 0.3) is 0 Å². The lowest BCUT2D eigenvalue weighted by atomic mass is 10.1. The van der Waals surface area contributed by atoms with Crippen LogP contribution in [0.15, 0.2) is 0 Å². The van der Waals surface area contributed by atoms with Gasteiger partial charge in [-0.15, -0.1) is 0 Å². The molecule has 1 fully saturated rings. The van der Waals surface area contributed by atoms with Gasteiger partial charge in [0, 0.05) is 39.3 Å². The number of amides is 2. The standard InChI is InChI=1S/C10H21N3O/c1-8-6-13(10(14)11(3)4)7-9(2)12(8)5/h8-9H,6-7H2,1-5H3. The van der Waals surface area contributed by atoms with Crippen molar-refractivity contribution >= 4 is 6.03 Å². The number of carbonyl (C=O) groups excluding carboxylic acids is 1. The van der Waals surface area contributed by atoms with E-state index in [0.29, 0.717) is 12.1 Å². The molecule has 0 bridgehead atoms. The van der Waals surface area contributed by atoms with Crippen molar-refractivity contribution in [1.82, 2.24) is 14.7 Å². The molecule has 4 heteroatoms. The molecule has 1 saturated heterocycles. The zero-order valence-corrected chi connectivity index (χ0v) is 9.82. The fraction of sp³-hybridized carbons (Fsp3) is 0.900. The summed E-state index contributed by atoms with van der Waals surface area (Å²) in [5.74, 6) is 0. The van der Waals surface area contributed by atoms with E-state index in [9.17, 15) is 4.79 Å². The Morgan fingerprint density at radius 1 is 1.21 bits per heavy atom. The molecule has 0 aromatic carbocycles. The maximum absolute atomic E-state index is 11.7. The van der Waals surface area contributed by atoms with Crippen LogP contribution < -0.4 is 0 Å². The average molecular weight is 199 g/mol. The van der Waals surface area contributed by atoms with E-state index in [4.69, 9.17) is 0 Å². The highest BCUT2D eigenvalue weighted by Gasteiger charge is 2.29. The molecule has 0 N–H and O–H groups in total. The molecule has 0 aromatic heterocycles. The van der Waals surface area contributed by atoms with Crippen LogP contribution in [0.2, 0.25) is 0 Å². The fourth-order valence-electron chi connectivity index (χ4n) is 1.84. The van der Waals surface area contributed by atoms with Gasteiger partial charge in [-0.2, -0.15) is 0 Å². The van der Waals surface area contributed by atoms with Crippen molar-refractivity contribution in [2.24, 2.45) is 0 Å². The van der Waals surface area contributed by atoms with E-state index in [-0.39, 0.29) is 6.03 Å². The normalized spacial score (nSPS) is 29.1. The third-order valence-corrected chi connectivity index (χ3v) is 3.01. The molecule has 1 heterocycles. The fourth-order valence-corrected chi connectivity index (χ4v) is 1.84. The van der Waals surface area contributed by atoms with E-state index in [0.717, 1.165) is 13.1 Å². The summed E-state index contributed by atoms with van der Waals surface area (Å²) in [4.78, 5) is 17.6. The van der Waals surface area contributed by atoms with Crippen molar-refractivity contribution in [3.63, 3.8) is 0 Å². The van der Waals surface area contributed by atoms with Crippen molar-refractivity contribution in [2.45, 2.75) is 25.9 Å². The first-order chi connectivity index (χ1) is 6.43. The number of nitrogens with zero attached hydrogens (tertiary/aromatic N) is 3. The molecule has 1 aliphatic heterocycles. The van der Waals surface area contributed by atoms with E-state index in [1.54, 1.807) is 19.0 Å². The Balaban J connectivity index is 2.62. The molecule has 1 rings (SSSR count). The quantitative estimate of drug-likeness (QED) is 0.574. The van der Waals surface area contributed by atoms with Crippen LogP contribution >= 0.6 is 0 Å². The molecule has 0 aliphatic carbocycles. The summed E-state index contributed by atoms with van der Waals surface area (Å²) in [6.07, 6.45) is 0. The molecule has 2 amide bonds. The van der Waals surface area contributed by atoms with Crippen molar-refractivity contribution in [3.05, 3.63) is 0 Å². The number of urea groups is 1. The number of hydrogen-bond donors (Lipinski definition) is 0. The summed E-state index contributed by atoms with van der Waals surface area (Å²) in [6.45, 7) is 5.98. The predicted molar refractivity (Wildman–Crippen MR) is 57.3 cm³/mol. The van der Waals surface area contributed by atoms with Crippen LogP contribution in [0.5, 0.6) is 0 Å². The topological polar surface area (TPSA) is 26.8 Å². The highest BCUT2D eigenvalue weighted by atomic mass is 16.2. The number of likely N-dealkylation sites (N-methyl/N-ethyl adjacent to an activating group) is 1. The maximum atomic E-state index is 11.7. The minimum Gasteiger partial charge on any atom is -0.331 e. The molecule has 4 nitrogen and oxygen atoms in total. The molecule has 0 aromatic rings. The van der Waals surface area contributed by atoms with Crippen molar-refractivity contribution in [3.8, 4) is 0 Å². The largest absolute Gasteiger partial charge is 0.331 e. The average Bonchev–Trinajstić information content (AvgIpc) is 2.12. The van der Waals surface area contributed by atoms with E-state index < -0.39 is 0 Å². The molecule has 82 valence electrons. The summed E-state index contributed by atoms with van der Waals surface area (Å²) in [5.41, 5.74) is 0. The lowest BCUT2D eigenvalue weighted by Crippen LogP contribution is -2.58. The molecule has 1 aliphatic rings. The molecular formula is C10H21N3O. The van der Waals surface area contributed by atoms with Crippen LogP contribution in [0.25, 0.3) is 0 Å². The van der Waals surface area contributed by atoms with Crippen LogP contribution in [-0.4, -0.2) is 67.0 Å². The number of carbonyl (C=O) groups is 1. The Kier molecular flexibility index (Phi) is 3.37. The molecule has 0 radical (unpaired) electrons. The second-order valence-electron chi connectivity index (χ2n) is 4.45. The first kappa shape index (κ1) is 11.3. The molecule has 0 saturated carbocycles.